The summed E-state index contributed by atoms with van der Waals surface area (Å²) in [5.41, 5.74) is 1.81. The van der Waals surface area contributed by atoms with Gasteiger partial charge >= 0.3 is 11.7 Å². The molecule has 3 aromatic rings. The van der Waals surface area contributed by atoms with Crippen LogP contribution >= 0.6 is 0 Å². The van der Waals surface area contributed by atoms with Gasteiger partial charge in [-0.1, -0.05) is 12.1 Å². The monoisotopic (exact) mass is 339 g/mol. The van der Waals surface area contributed by atoms with Crippen molar-refractivity contribution < 1.29 is 18.3 Å². The topological polar surface area (TPSA) is 68.5 Å². The van der Waals surface area contributed by atoms with Crippen molar-refractivity contribution in [2.75, 3.05) is 5.32 Å². The van der Waals surface area contributed by atoms with Crippen molar-refractivity contribution in [2.45, 2.75) is 19.3 Å². The molecule has 25 heavy (non-hydrogen) atoms. The normalized spacial score (nSPS) is 12.8. The highest BCUT2D eigenvalue weighted by Gasteiger charge is 2.20. The zero-order valence-electron chi connectivity index (χ0n) is 13.2. The van der Waals surface area contributed by atoms with Crippen LogP contribution < -0.4 is 15.7 Å². The second-order valence-electron chi connectivity index (χ2n) is 5.85. The van der Waals surface area contributed by atoms with Gasteiger partial charge in [0.05, 0.1) is 5.69 Å². The Labute approximate surface area is 142 Å². The van der Waals surface area contributed by atoms with E-state index in [-0.39, 0.29) is 17.1 Å². The molecular weight excluding hydrogens is 325 g/mol. The number of carbonyl (C=O) groups is 1. The molecule has 0 bridgehead atoms. The summed E-state index contributed by atoms with van der Waals surface area (Å²) in [6, 6.07) is 10.7. The molecule has 0 spiro atoms. The summed E-state index contributed by atoms with van der Waals surface area (Å²) < 4.78 is 24.0. The lowest BCUT2D eigenvalue weighted by Crippen LogP contribution is -2.17. The molecule has 2 aromatic carbocycles. The number of aryl methyl sites for hydroxylation is 1. The van der Waals surface area contributed by atoms with Crippen molar-refractivity contribution in [3.05, 3.63) is 69.8 Å². The maximum atomic E-state index is 13.5. The third kappa shape index (κ3) is 2.87. The average Bonchev–Trinajstić information content (AvgIpc) is 3.07. The molecule has 5 nitrogen and oxygen atoms in total. The van der Waals surface area contributed by atoms with Gasteiger partial charge in [-0.05, 0) is 49.1 Å². The Balaban J connectivity index is 1.60. The molecule has 0 atom stereocenters. The van der Waals surface area contributed by atoms with E-state index in [1.807, 2.05) is 0 Å². The maximum Gasteiger partial charge on any atom is 0.417 e. The minimum absolute atomic E-state index is 0.0256. The molecule has 0 saturated heterocycles. The molecule has 4 rings (SSSR count). The Morgan fingerprint density at radius 2 is 1.92 bits per heavy atom. The van der Waals surface area contributed by atoms with E-state index in [9.17, 15) is 14.0 Å². The van der Waals surface area contributed by atoms with Crippen LogP contribution in [0.1, 0.15) is 17.5 Å². The van der Waals surface area contributed by atoms with Gasteiger partial charge in [-0.25, -0.2) is 14.0 Å². The van der Waals surface area contributed by atoms with E-state index in [0.717, 1.165) is 35.8 Å². The van der Waals surface area contributed by atoms with Crippen LogP contribution in [0.25, 0.3) is 11.0 Å². The lowest BCUT2D eigenvalue weighted by Gasteiger charge is -2.09. The lowest BCUT2D eigenvalue weighted by molar-refractivity contribution is 0.215. The number of carbonyl (C=O) groups excluding carboxylic acids is 1. The summed E-state index contributed by atoms with van der Waals surface area (Å²) in [6.45, 7) is 0. The van der Waals surface area contributed by atoms with Crippen LogP contribution in [-0.4, -0.2) is 6.09 Å². The number of ether oxygens (including phenoxy) is 1. The molecule has 6 heteroatoms. The third-order valence-corrected chi connectivity index (χ3v) is 4.27. The zero-order valence-corrected chi connectivity index (χ0v) is 13.2. The second-order valence-corrected chi connectivity index (χ2v) is 5.85. The molecule has 1 aliphatic carbocycles. The Morgan fingerprint density at radius 3 is 2.76 bits per heavy atom. The van der Waals surface area contributed by atoms with E-state index in [1.165, 1.54) is 24.3 Å². The van der Waals surface area contributed by atoms with E-state index < -0.39 is 11.9 Å². The van der Waals surface area contributed by atoms with Gasteiger partial charge in [0.15, 0.2) is 0 Å². The van der Waals surface area contributed by atoms with Crippen LogP contribution in [-0.2, 0) is 12.8 Å². The fourth-order valence-electron chi connectivity index (χ4n) is 3.13. The van der Waals surface area contributed by atoms with Gasteiger partial charge in [0, 0.05) is 17.0 Å². The van der Waals surface area contributed by atoms with Crippen LogP contribution in [0.4, 0.5) is 14.9 Å². The van der Waals surface area contributed by atoms with E-state index in [4.69, 9.17) is 9.15 Å². The first-order valence-corrected chi connectivity index (χ1v) is 7.94. The summed E-state index contributed by atoms with van der Waals surface area (Å²) >= 11 is 0. The van der Waals surface area contributed by atoms with Crippen molar-refractivity contribution in [3.8, 4) is 5.75 Å². The maximum absolute atomic E-state index is 13.5. The third-order valence-electron chi connectivity index (χ3n) is 4.27. The number of benzene rings is 2. The van der Waals surface area contributed by atoms with Gasteiger partial charge in [-0.2, -0.15) is 0 Å². The highest BCUT2D eigenvalue weighted by molar-refractivity contribution is 5.88. The molecule has 126 valence electrons. The van der Waals surface area contributed by atoms with E-state index in [0.29, 0.717) is 5.58 Å². The fourth-order valence-corrected chi connectivity index (χ4v) is 3.13. The largest absolute Gasteiger partial charge is 0.422 e. The number of halogens is 1. The Kier molecular flexibility index (Phi) is 3.72. The molecular formula is C19H14FNO4. The van der Waals surface area contributed by atoms with Gasteiger partial charge in [-0.3, -0.25) is 5.32 Å². The quantitative estimate of drug-likeness (QED) is 0.716. The van der Waals surface area contributed by atoms with Crippen LogP contribution in [0.3, 0.4) is 0 Å². The van der Waals surface area contributed by atoms with Crippen LogP contribution in [0.5, 0.6) is 5.75 Å². The van der Waals surface area contributed by atoms with Crippen LogP contribution in [0, 0.1) is 5.82 Å². The predicted octanol–water partition coefficient (Wildman–Crippen LogP) is 4.03. The molecule has 1 heterocycles. The fraction of sp³-hybridized carbons (Fsp3) is 0.158. The van der Waals surface area contributed by atoms with Gasteiger partial charge in [0.25, 0.3) is 0 Å². The second kappa shape index (κ2) is 6.05. The minimum atomic E-state index is -0.826. The Hall–Kier alpha value is -3.15. The van der Waals surface area contributed by atoms with Gasteiger partial charge in [-0.15, -0.1) is 0 Å². The van der Waals surface area contributed by atoms with E-state index in [2.05, 4.69) is 5.32 Å². The predicted molar refractivity (Wildman–Crippen MR) is 90.6 cm³/mol. The SMILES string of the molecule is O=C(Nc1ccccc1F)Oc1ccc2c3c(c(=O)oc2c1)CCC3. The first-order chi connectivity index (χ1) is 12.1. The number of hydrogen-bond donors (Lipinski definition) is 1. The molecule has 0 radical (unpaired) electrons. The van der Waals surface area contributed by atoms with Crippen molar-refractivity contribution in [1.29, 1.82) is 0 Å². The first kappa shape index (κ1) is 15.4. The number of amides is 1. The highest BCUT2D eigenvalue weighted by atomic mass is 19.1. The van der Waals surface area contributed by atoms with Gasteiger partial charge in [0.1, 0.15) is 17.1 Å². The summed E-state index contributed by atoms with van der Waals surface area (Å²) in [4.78, 5) is 23.9. The first-order valence-electron chi connectivity index (χ1n) is 7.94. The molecule has 1 N–H and O–H groups in total. The molecule has 1 aromatic heterocycles. The number of hydrogen-bond acceptors (Lipinski definition) is 4. The zero-order chi connectivity index (χ0) is 17.4. The van der Waals surface area contributed by atoms with Crippen molar-refractivity contribution >= 4 is 22.7 Å². The van der Waals surface area contributed by atoms with E-state index in [1.54, 1.807) is 18.2 Å². The van der Waals surface area contributed by atoms with Gasteiger partial charge < -0.3 is 9.15 Å². The smallest absolute Gasteiger partial charge is 0.417 e. The number of fused-ring (bicyclic) bond motifs is 3. The van der Waals surface area contributed by atoms with Crippen LogP contribution in [0.2, 0.25) is 0 Å². The number of anilines is 1. The highest BCUT2D eigenvalue weighted by Crippen LogP contribution is 2.29. The standard InChI is InChI=1S/C19H14FNO4/c20-15-6-1-2-7-16(15)21-19(23)24-11-8-9-13-12-4-3-5-14(12)18(22)25-17(13)10-11/h1-2,6-10H,3-5H2,(H,21,23). The summed E-state index contributed by atoms with van der Waals surface area (Å²) in [7, 11) is 0. The van der Waals surface area contributed by atoms with Crippen molar-refractivity contribution in [2.24, 2.45) is 0 Å². The van der Waals surface area contributed by atoms with Gasteiger partial charge in [0.2, 0.25) is 0 Å². The summed E-state index contributed by atoms with van der Waals surface area (Å²) in [5, 5.41) is 3.19. The summed E-state index contributed by atoms with van der Waals surface area (Å²) in [6.07, 6.45) is 1.68. The number of para-hydroxylation sites is 1. The molecule has 1 aliphatic rings. The molecule has 0 fully saturated rings. The Bertz CT molecular complexity index is 1040. The molecule has 0 saturated carbocycles. The van der Waals surface area contributed by atoms with E-state index >= 15 is 0 Å². The lowest BCUT2D eigenvalue weighted by atomic mass is 10.1. The number of nitrogens with one attached hydrogen (secondary N) is 1. The average molecular weight is 339 g/mol. The van der Waals surface area contributed by atoms with Crippen molar-refractivity contribution in [3.63, 3.8) is 0 Å². The molecule has 0 unspecified atom stereocenters. The minimum Gasteiger partial charge on any atom is -0.422 e. The van der Waals surface area contributed by atoms with Crippen LogP contribution in [0.15, 0.2) is 51.7 Å². The molecule has 1 amide bonds. The van der Waals surface area contributed by atoms with Crippen molar-refractivity contribution in [1.82, 2.24) is 0 Å². The summed E-state index contributed by atoms with van der Waals surface area (Å²) in [5.74, 6) is -0.345. The number of rotatable bonds is 2. The Morgan fingerprint density at radius 1 is 1.12 bits per heavy atom. The molecule has 0 aliphatic heterocycles.